The quantitative estimate of drug-likeness (QED) is 0.0262. The molecule has 398 valence electrons. The van der Waals surface area contributed by atoms with Crippen molar-refractivity contribution in [2.45, 2.75) is 329 Å². The molecule has 0 amide bonds. The number of hydrogen-bond donors (Lipinski definition) is 0. The van der Waals surface area contributed by atoms with Crippen LogP contribution in [-0.2, 0) is 28.6 Å². The van der Waals surface area contributed by atoms with Gasteiger partial charge < -0.3 is 14.2 Å². The third-order valence-electron chi connectivity index (χ3n) is 13.4. The Bertz CT molecular complexity index is 1140. The Morgan fingerprint density at radius 3 is 0.824 bits per heavy atom. The highest BCUT2D eigenvalue weighted by Crippen LogP contribution is 2.17. The molecule has 0 fully saturated rings. The zero-order valence-electron chi connectivity index (χ0n) is 45.6. The van der Waals surface area contributed by atoms with E-state index in [0.717, 1.165) is 70.6 Å². The average Bonchev–Trinajstić information content (AvgIpc) is 3.34. The van der Waals surface area contributed by atoms with Gasteiger partial charge in [-0.2, -0.15) is 0 Å². The average molecular weight is 956 g/mol. The Hall–Kier alpha value is -2.37. The molecular formula is C62H114O6. The summed E-state index contributed by atoms with van der Waals surface area (Å²) in [5.74, 6) is -0.854. The molecule has 0 aliphatic rings. The molecule has 0 aromatic carbocycles. The second-order valence-electron chi connectivity index (χ2n) is 20.3. The number of esters is 3. The third-order valence-corrected chi connectivity index (χ3v) is 13.4. The Kier molecular flexibility index (Phi) is 55.2. The predicted molar refractivity (Wildman–Crippen MR) is 293 cm³/mol. The topological polar surface area (TPSA) is 78.9 Å². The lowest BCUT2D eigenvalue weighted by Crippen LogP contribution is -2.30. The van der Waals surface area contributed by atoms with Crippen LogP contribution in [0.3, 0.4) is 0 Å². The van der Waals surface area contributed by atoms with Crippen LogP contribution in [0.1, 0.15) is 323 Å². The molecule has 0 N–H and O–H groups in total. The van der Waals surface area contributed by atoms with Gasteiger partial charge in [0.15, 0.2) is 6.10 Å². The van der Waals surface area contributed by atoms with Crippen LogP contribution < -0.4 is 0 Å². The van der Waals surface area contributed by atoms with E-state index in [0.29, 0.717) is 19.3 Å². The van der Waals surface area contributed by atoms with Gasteiger partial charge in [-0.15, -0.1) is 0 Å². The van der Waals surface area contributed by atoms with Gasteiger partial charge in [-0.25, -0.2) is 0 Å². The van der Waals surface area contributed by atoms with Crippen molar-refractivity contribution in [3.63, 3.8) is 0 Å². The predicted octanol–water partition coefficient (Wildman–Crippen LogP) is 20.0. The van der Waals surface area contributed by atoms with E-state index in [4.69, 9.17) is 14.2 Å². The van der Waals surface area contributed by atoms with Crippen LogP contribution in [-0.4, -0.2) is 37.2 Å². The first-order valence-electron chi connectivity index (χ1n) is 30.0. The molecule has 0 aliphatic carbocycles. The van der Waals surface area contributed by atoms with Crippen molar-refractivity contribution in [1.82, 2.24) is 0 Å². The summed E-state index contributed by atoms with van der Waals surface area (Å²) in [4.78, 5) is 38.1. The van der Waals surface area contributed by atoms with Gasteiger partial charge in [-0.05, 0) is 57.8 Å². The van der Waals surface area contributed by atoms with E-state index >= 15 is 0 Å². The second-order valence-corrected chi connectivity index (χ2v) is 20.3. The summed E-state index contributed by atoms with van der Waals surface area (Å²) in [6.07, 6.45) is 68.6. The monoisotopic (exact) mass is 955 g/mol. The fraction of sp³-hybridized carbons (Fsp3) is 0.855. The van der Waals surface area contributed by atoms with Crippen LogP contribution in [0.25, 0.3) is 0 Å². The molecule has 1 atom stereocenters. The molecule has 0 saturated heterocycles. The van der Waals surface area contributed by atoms with Gasteiger partial charge in [0.2, 0.25) is 0 Å². The van der Waals surface area contributed by atoms with Gasteiger partial charge in [0, 0.05) is 19.3 Å². The summed E-state index contributed by atoms with van der Waals surface area (Å²) in [5, 5.41) is 0. The maximum Gasteiger partial charge on any atom is 0.306 e. The molecule has 6 heteroatoms. The first kappa shape index (κ1) is 65.6. The van der Waals surface area contributed by atoms with Crippen molar-refractivity contribution >= 4 is 17.9 Å². The smallest absolute Gasteiger partial charge is 0.306 e. The van der Waals surface area contributed by atoms with E-state index in [1.54, 1.807) is 0 Å². The maximum absolute atomic E-state index is 12.8. The maximum atomic E-state index is 12.8. The van der Waals surface area contributed by atoms with Crippen LogP contribution in [0, 0.1) is 0 Å². The molecule has 68 heavy (non-hydrogen) atoms. The van der Waals surface area contributed by atoms with Gasteiger partial charge in [0.1, 0.15) is 13.2 Å². The van der Waals surface area contributed by atoms with Gasteiger partial charge in [0.05, 0.1) is 0 Å². The molecule has 0 aromatic rings. The highest BCUT2D eigenvalue weighted by Gasteiger charge is 2.19. The summed E-state index contributed by atoms with van der Waals surface area (Å²) in [6.45, 7) is 6.66. The molecule has 0 bridgehead atoms. The Balaban J connectivity index is 4.22. The fourth-order valence-electron chi connectivity index (χ4n) is 8.86. The minimum atomic E-state index is -0.768. The standard InChI is InChI=1S/C62H114O6/c1-4-7-10-13-16-19-22-24-26-27-28-29-30-31-32-33-34-35-36-38-40-43-46-49-52-55-61(64)67-58-59(57-66-60(63)54-51-48-45-42-39-21-18-15-12-9-6-3)68-62(65)56-53-50-47-44-41-37-25-23-20-17-14-11-8-5-2/h22,24,27-28,30-31,59H,4-21,23,25-26,29,32-58H2,1-3H3/b24-22-,28-27-,31-30-. The van der Waals surface area contributed by atoms with Crippen molar-refractivity contribution < 1.29 is 28.6 Å². The van der Waals surface area contributed by atoms with Crippen LogP contribution in [0.2, 0.25) is 0 Å². The summed E-state index contributed by atoms with van der Waals surface area (Å²) in [7, 11) is 0. The molecule has 0 saturated carbocycles. The van der Waals surface area contributed by atoms with E-state index < -0.39 is 6.10 Å². The van der Waals surface area contributed by atoms with Crippen molar-refractivity contribution in [3.8, 4) is 0 Å². The summed E-state index contributed by atoms with van der Waals surface area (Å²) in [5.41, 5.74) is 0. The Labute approximate surface area is 423 Å². The molecule has 1 unspecified atom stereocenters. The third kappa shape index (κ3) is 54.6. The lowest BCUT2D eigenvalue weighted by Gasteiger charge is -2.18. The molecule has 0 heterocycles. The van der Waals surface area contributed by atoms with Crippen LogP contribution >= 0.6 is 0 Å². The number of rotatable bonds is 55. The summed E-state index contributed by atoms with van der Waals surface area (Å²) >= 11 is 0. The largest absolute Gasteiger partial charge is 0.462 e. The Morgan fingerprint density at radius 2 is 0.529 bits per heavy atom. The minimum Gasteiger partial charge on any atom is -0.462 e. The number of carbonyl (C=O) groups is 3. The second kappa shape index (κ2) is 57.2. The van der Waals surface area contributed by atoms with Gasteiger partial charge in [-0.1, -0.05) is 282 Å². The molecular weight excluding hydrogens is 841 g/mol. The number of carbonyl (C=O) groups excluding carboxylic acids is 3. The summed E-state index contributed by atoms with van der Waals surface area (Å²) in [6, 6.07) is 0. The van der Waals surface area contributed by atoms with E-state index in [1.807, 2.05) is 0 Å². The lowest BCUT2D eigenvalue weighted by atomic mass is 10.0. The first-order valence-corrected chi connectivity index (χ1v) is 30.0. The Morgan fingerprint density at radius 1 is 0.294 bits per heavy atom. The van der Waals surface area contributed by atoms with Crippen LogP contribution in [0.4, 0.5) is 0 Å². The lowest BCUT2D eigenvalue weighted by molar-refractivity contribution is -0.167. The normalized spacial score (nSPS) is 12.2. The van der Waals surface area contributed by atoms with E-state index in [2.05, 4.69) is 57.2 Å². The zero-order valence-corrected chi connectivity index (χ0v) is 45.6. The molecule has 0 aliphatic heterocycles. The van der Waals surface area contributed by atoms with Gasteiger partial charge >= 0.3 is 17.9 Å². The van der Waals surface area contributed by atoms with Crippen molar-refractivity contribution in [2.24, 2.45) is 0 Å². The summed E-state index contributed by atoms with van der Waals surface area (Å²) < 4.78 is 16.9. The molecule has 0 aromatic heterocycles. The van der Waals surface area contributed by atoms with E-state index in [9.17, 15) is 14.4 Å². The zero-order chi connectivity index (χ0) is 49.3. The number of allylic oxidation sites excluding steroid dienone is 6. The molecule has 0 radical (unpaired) electrons. The first-order chi connectivity index (χ1) is 33.5. The van der Waals surface area contributed by atoms with E-state index in [1.165, 1.54) is 212 Å². The van der Waals surface area contributed by atoms with Crippen LogP contribution in [0.5, 0.6) is 0 Å². The van der Waals surface area contributed by atoms with Crippen molar-refractivity contribution in [1.29, 1.82) is 0 Å². The molecule has 6 nitrogen and oxygen atoms in total. The van der Waals surface area contributed by atoms with Crippen LogP contribution in [0.15, 0.2) is 36.5 Å². The minimum absolute atomic E-state index is 0.0681. The molecule has 0 rings (SSSR count). The number of unbranched alkanes of at least 4 members (excludes halogenated alkanes) is 38. The fourth-order valence-corrected chi connectivity index (χ4v) is 8.86. The van der Waals surface area contributed by atoms with Crippen molar-refractivity contribution in [2.75, 3.05) is 13.2 Å². The highest BCUT2D eigenvalue weighted by atomic mass is 16.6. The van der Waals surface area contributed by atoms with Gasteiger partial charge in [-0.3, -0.25) is 14.4 Å². The van der Waals surface area contributed by atoms with Gasteiger partial charge in [0.25, 0.3) is 0 Å². The SMILES string of the molecule is CCCCCCC/C=C\C/C=C\C/C=C\CCCCCCCCCCCCC(=O)OCC(COC(=O)CCCCCCCCCCCCC)OC(=O)CCCCCCCCCCCCCCCC. The van der Waals surface area contributed by atoms with E-state index in [-0.39, 0.29) is 31.1 Å². The highest BCUT2D eigenvalue weighted by molar-refractivity contribution is 5.71. The molecule has 0 spiro atoms. The number of hydrogen-bond acceptors (Lipinski definition) is 6. The van der Waals surface area contributed by atoms with Crippen molar-refractivity contribution in [3.05, 3.63) is 36.5 Å². The number of ether oxygens (including phenoxy) is 3.